The van der Waals surface area contributed by atoms with Crippen LogP contribution in [0.5, 0.6) is 0 Å². The van der Waals surface area contributed by atoms with Crippen molar-refractivity contribution in [2.45, 2.75) is 78.1 Å². The van der Waals surface area contributed by atoms with Crippen LogP contribution in [-0.2, 0) is 10.4 Å². The van der Waals surface area contributed by atoms with Gasteiger partial charge < -0.3 is 32.9 Å². The summed E-state index contributed by atoms with van der Waals surface area (Å²) in [6.45, 7) is 4.56. The first-order valence-corrected chi connectivity index (χ1v) is 8.01. The summed E-state index contributed by atoms with van der Waals surface area (Å²) < 4.78 is 31.6. The predicted molar refractivity (Wildman–Crippen MR) is 103 cm³/mol. The normalized spacial score (nSPS) is 7.67. The summed E-state index contributed by atoms with van der Waals surface area (Å²) in [5.41, 5.74) is 0. The zero-order valence-electron chi connectivity index (χ0n) is 14.2. The highest BCUT2D eigenvalue weighted by Gasteiger charge is 1.90. The standard InChI is InChI=1S/C12H26.Al.H2O4S.6H2O.3H/c1-3-5-7-9-11-12-10-8-6-4-2;;1-5(2,3)4;;;;;;;;;/h3-12H2,1-2H3;;(H2,1,2,3,4);6*1H2;;;. The first kappa shape index (κ1) is 56.4. The molecule has 0 radical (unpaired) electrons. The van der Waals surface area contributed by atoms with E-state index in [4.69, 9.17) is 17.5 Å². The molecule has 14 N–H and O–H groups in total. The zero-order chi connectivity index (χ0) is 13.6. The minimum Gasteiger partial charge on any atom is -0.412 e. The number of hydrogen-bond acceptors (Lipinski definition) is 2. The van der Waals surface area contributed by atoms with Gasteiger partial charge in [0.15, 0.2) is 17.4 Å². The molecule has 0 rings (SSSR count). The smallest absolute Gasteiger partial charge is 0.394 e. The quantitative estimate of drug-likeness (QED) is 0.253. The van der Waals surface area contributed by atoms with Crippen LogP contribution in [0.4, 0.5) is 0 Å². The second-order valence-electron chi connectivity index (χ2n) is 4.28. The molecule has 0 heterocycles. The van der Waals surface area contributed by atoms with E-state index in [1.54, 1.807) is 0 Å². The molecule has 0 bridgehead atoms. The van der Waals surface area contributed by atoms with E-state index in [0.29, 0.717) is 0 Å². The van der Waals surface area contributed by atoms with Gasteiger partial charge in [-0.05, 0) is 0 Å². The summed E-state index contributed by atoms with van der Waals surface area (Å²) in [5.74, 6) is 0. The lowest BCUT2D eigenvalue weighted by Crippen LogP contribution is -1.89. The molecular weight excluding hydrogens is 363 g/mol. The van der Waals surface area contributed by atoms with Crippen molar-refractivity contribution in [3.05, 3.63) is 0 Å². The first-order valence-electron chi connectivity index (χ1n) is 6.61. The Balaban J connectivity index is -0.0000000242. The van der Waals surface area contributed by atoms with Crippen LogP contribution in [0.25, 0.3) is 0 Å². The molecule has 0 fully saturated rings. The molecule has 0 aliphatic rings. The van der Waals surface area contributed by atoms with Crippen LogP contribution in [0, 0.1) is 0 Å². The molecule has 0 aliphatic carbocycles. The van der Waals surface area contributed by atoms with Crippen molar-refractivity contribution in [2.75, 3.05) is 0 Å². The Morgan fingerprint density at radius 2 is 0.667 bits per heavy atom. The van der Waals surface area contributed by atoms with Crippen LogP contribution in [0.2, 0.25) is 0 Å². The van der Waals surface area contributed by atoms with Crippen molar-refractivity contribution in [1.29, 1.82) is 0 Å². The maximum Gasteiger partial charge on any atom is 0.394 e. The monoisotopic (exact) mass is 406 g/mol. The lowest BCUT2D eigenvalue weighted by molar-refractivity contribution is 0.381. The summed E-state index contributed by atoms with van der Waals surface area (Å²) in [6.07, 6.45) is 14.4. The Morgan fingerprint density at radius 3 is 0.792 bits per heavy atom. The van der Waals surface area contributed by atoms with Crippen LogP contribution in [-0.4, -0.2) is 67.7 Å². The number of hydrogen-bond donors (Lipinski definition) is 2. The largest absolute Gasteiger partial charge is 0.412 e. The van der Waals surface area contributed by atoms with Crippen molar-refractivity contribution < 1.29 is 50.4 Å². The Bertz CT molecular complexity index is 222. The molecule has 10 nitrogen and oxygen atoms in total. The van der Waals surface area contributed by atoms with E-state index in [9.17, 15) is 0 Å². The predicted octanol–water partition coefficient (Wildman–Crippen LogP) is -1.86. The van der Waals surface area contributed by atoms with E-state index < -0.39 is 10.4 Å². The Kier molecular flexibility index (Phi) is 102. The third-order valence-corrected chi connectivity index (χ3v) is 2.46. The van der Waals surface area contributed by atoms with Crippen molar-refractivity contribution >= 4 is 27.8 Å². The fraction of sp³-hybridized carbons (Fsp3) is 1.00. The minimum absolute atomic E-state index is 0. The van der Waals surface area contributed by atoms with Crippen LogP contribution >= 0.6 is 0 Å². The number of unbranched alkanes of at least 4 members (excludes halogenated alkanes) is 9. The molecule has 0 atom stereocenters. The first-order chi connectivity index (χ1) is 7.91. The van der Waals surface area contributed by atoms with Gasteiger partial charge in [-0.15, -0.1) is 0 Å². The lowest BCUT2D eigenvalue weighted by atomic mass is 10.1. The van der Waals surface area contributed by atoms with Gasteiger partial charge in [0.2, 0.25) is 0 Å². The van der Waals surface area contributed by atoms with E-state index in [0.717, 1.165) is 0 Å². The van der Waals surface area contributed by atoms with Crippen LogP contribution in [0.3, 0.4) is 0 Å². The summed E-state index contributed by atoms with van der Waals surface area (Å²) in [5, 5.41) is 0. The SMILES string of the molecule is CCCCCCCCCCCC.O.O.O.O.O.O.O=S(=O)(O)O.[AlH3]. The molecule has 0 aromatic rings. The molecular formula is C12H43AlO10S. The highest BCUT2D eigenvalue weighted by molar-refractivity contribution is 7.79. The molecule has 0 aliphatic heterocycles. The molecule has 0 amide bonds. The molecule has 0 spiro atoms. The van der Waals surface area contributed by atoms with Gasteiger partial charge in [-0.1, -0.05) is 78.1 Å². The van der Waals surface area contributed by atoms with Crippen molar-refractivity contribution in [3.8, 4) is 0 Å². The average molecular weight is 407 g/mol. The average Bonchev–Trinajstić information content (AvgIpc) is 2.20. The minimum atomic E-state index is -4.67. The van der Waals surface area contributed by atoms with Gasteiger partial charge in [-0.2, -0.15) is 8.42 Å². The van der Waals surface area contributed by atoms with Crippen molar-refractivity contribution in [2.24, 2.45) is 0 Å². The maximum absolute atomic E-state index is 8.74. The van der Waals surface area contributed by atoms with Gasteiger partial charge in [0.25, 0.3) is 0 Å². The van der Waals surface area contributed by atoms with Crippen LogP contribution in [0.15, 0.2) is 0 Å². The van der Waals surface area contributed by atoms with Gasteiger partial charge >= 0.3 is 10.4 Å². The van der Waals surface area contributed by atoms with E-state index >= 15 is 0 Å². The maximum atomic E-state index is 8.74. The Morgan fingerprint density at radius 1 is 0.542 bits per heavy atom. The molecule has 0 unspecified atom stereocenters. The van der Waals surface area contributed by atoms with Crippen molar-refractivity contribution in [1.82, 2.24) is 0 Å². The van der Waals surface area contributed by atoms with E-state index in [-0.39, 0.29) is 50.2 Å². The number of rotatable bonds is 9. The van der Waals surface area contributed by atoms with Crippen LogP contribution < -0.4 is 0 Å². The zero-order valence-corrected chi connectivity index (χ0v) is 15.0. The van der Waals surface area contributed by atoms with Gasteiger partial charge in [-0.25, -0.2) is 0 Å². The van der Waals surface area contributed by atoms with Gasteiger partial charge in [0.1, 0.15) is 0 Å². The summed E-state index contributed by atoms with van der Waals surface area (Å²) in [7, 11) is -4.67. The molecule has 24 heavy (non-hydrogen) atoms. The third kappa shape index (κ3) is 118. The van der Waals surface area contributed by atoms with E-state index in [1.165, 1.54) is 64.2 Å². The summed E-state index contributed by atoms with van der Waals surface area (Å²) >= 11 is 0. The van der Waals surface area contributed by atoms with E-state index in [2.05, 4.69) is 13.8 Å². The summed E-state index contributed by atoms with van der Waals surface area (Å²) in [4.78, 5) is 0. The lowest BCUT2D eigenvalue weighted by Gasteiger charge is -1.99. The van der Waals surface area contributed by atoms with Crippen LogP contribution in [0.1, 0.15) is 78.1 Å². The topological polar surface area (TPSA) is 264 Å². The Labute approximate surface area is 156 Å². The molecule has 160 valence electrons. The highest BCUT2D eigenvalue weighted by atomic mass is 32.3. The van der Waals surface area contributed by atoms with E-state index in [1.807, 2.05) is 0 Å². The molecule has 12 heteroatoms. The highest BCUT2D eigenvalue weighted by Crippen LogP contribution is 2.09. The fourth-order valence-corrected chi connectivity index (χ4v) is 1.56. The second kappa shape index (κ2) is 43.6. The third-order valence-electron chi connectivity index (χ3n) is 2.46. The molecule has 0 saturated carbocycles. The van der Waals surface area contributed by atoms with Crippen molar-refractivity contribution in [3.63, 3.8) is 0 Å². The molecule has 0 aromatic heterocycles. The van der Waals surface area contributed by atoms with Gasteiger partial charge in [-0.3, -0.25) is 9.11 Å². The second-order valence-corrected chi connectivity index (χ2v) is 5.17. The van der Waals surface area contributed by atoms with Gasteiger partial charge in [0.05, 0.1) is 0 Å². The molecule has 0 aromatic carbocycles. The molecule has 0 saturated heterocycles. The fourth-order valence-electron chi connectivity index (χ4n) is 1.56. The van der Waals surface area contributed by atoms with Gasteiger partial charge in [0, 0.05) is 0 Å². The Hall–Kier alpha value is 0.162. The summed E-state index contributed by atoms with van der Waals surface area (Å²) in [6, 6.07) is 0.